The minimum absolute atomic E-state index is 0.108. The Morgan fingerprint density at radius 2 is 1.54 bits per heavy atom. The van der Waals surface area contributed by atoms with Crippen molar-refractivity contribution in [3.05, 3.63) is 23.8 Å². The van der Waals surface area contributed by atoms with E-state index in [4.69, 9.17) is 0 Å². The maximum absolute atomic E-state index is 12.8. The largest absolute Gasteiger partial charge is 0.477 e. The number of sulfone groups is 2. The molecule has 4 rings (SSSR count). The van der Waals surface area contributed by atoms with E-state index in [0.717, 1.165) is 16.1 Å². The highest BCUT2D eigenvalue weighted by Gasteiger charge is 2.45. The Kier molecular flexibility index (Phi) is 6.31. The zero-order valence-corrected chi connectivity index (χ0v) is 19.7. The Labute approximate surface area is 199 Å². The van der Waals surface area contributed by atoms with Gasteiger partial charge in [-0.15, -0.1) is 0 Å². The van der Waals surface area contributed by atoms with Crippen LogP contribution in [0.1, 0.15) is 12.8 Å². The van der Waals surface area contributed by atoms with Crippen LogP contribution in [0.3, 0.4) is 0 Å². The van der Waals surface area contributed by atoms with E-state index in [1.54, 1.807) is 0 Å². The lowest BCUT2D eigenvalue weighted by atomic mass is 10.0. The average molecular weight is 531 g/mol. The van der Waals surface area contributed by atoms with Crippen molar-refractivity contribution in [1.82, 2.24) is 10.0 Å². The number of hydrogen-bond donors (Lipinski definition) is 3. The first kappa shape index (κ1) is 25.0. The van der Waals surface area contributed by atoms with Gasteiger partial charge < -0.3 is 15.3 Å². The van der Waals surface area contributed by atoms with Crippen LogP contribution in [0.25, 0.3) is 0 Å². The van der Waals surface area contributed by atoms with Gasteiger partial charge >= 0.3 is 11.9 Å². The molecule has 0 spiro atoms. The summed E-state index contributed by atoms with van der Waals surface area (Å²) in [6.07, 6.45) is 2.29. The fourth-order valence-electron chi connectivity index (χ4n) is 4.44. The third-order valence-corrected chi connectivity index (χ3v) is 9.67. The van der Waals surface area contributed by atoms with Gasteiger partial charge in [0.15, 0.2) is 37.3 Å². The number of carbonyl (C=O) groups excluding carboxylic acids is 1. The SMILES string of the molecule is O=C(O)C1=NN(C2CCS(=O)(=O)C2)C(=O)/C1=C\C=C\C1C(C(=O)O)=NN(C2CCS(=O)(=O)C2)C1O. The van der Waals surface area contributed by atoms with Crippen molar-refractivity contribution in [2.75, 3.05) is 23.0 Å². The molecule has 4 heterocycles. The lowest BCUT2D eigenvalue weighted by molar-refractivity contribution is -0.130. The lowest BCUT2D eigenvalue weighted by Gasteiger charge is -2.26. The van der Waals surface area contributed by atoms with Gasteiger partial charge in [-0.3, -0.25) is 9.80 Å². The Morgan fingerprint density at radius 1 is 0.943 bits per heavy atom. The summed E-state index contributed by atoms with van der Waals surface area (Å²) in [5.74, 6) is -5.82. The second kappa shape index (κ2) is 8.83. The van der Waals surface area contributed by atoms with Crippen molar-refractivity contribution < 1.29 is 46.5 Å². The molecule has 35 heavy (non-hydrogen) atoms. The van der Waals surface area contributed by atoms with E-state index in [0.29, 0.717) is 0 Å². The molecule has 0 aromatic heterocycles. The molecule has 1 amide bonds. The Morgan fingerprint density at radius 3 is 2.06 bits per heavy atom. The number of carbonyl (C=O) groups is 3. The van der Waals surface area contributed by atoms with Gasteiger partial charge in [0, 0.05) is 0 Å². The van der Waals surface area contributed by atoms with Crippen molar-refractivity contribution in [1.29, 1.82) is 0 Å². The molecule has 0 radical (unpaired) electrons. The van der Waals surface area contributed by atoms with Crippen LogP contribution in [0.4, 0.5) is 0 Å². The van der Waals surface area contributed by atoms with Crippen molar-refractivity contribution >= 4 is 48.9 Å². The molecule has 0 bridgehead atoms. The fraction of sp³-hybridized carbons (Fsp3) is 0.526. The molecule has 0 aliphatic carbocycles. The normalized spacial score (nSPS) is 33.1. The fourth-order valence-corrected chi connectivity index (χ4v) is 7.84. The van der Waals surface area contributed by atoms with Gasteiger partial charge in [-0.25, -0.2) is 31.4 Å². The summed E-state index contributed by atoms with van der Waals surface area (Å²) in [5, 5.41) is 39.1. The van der Waals surface area contributed by atoms with Gasteiger partial charge in [0.25, 0.3) is 5.91 Å². The molecule has 14 nitrogen and oxygen atoms in total. The van der Waals surface area contributed by atoms with E-state index in [9.17, 15) is 46.5 Å². The number of amides is 1. The highest BCUT2D eigenvalue weighted by Crippen LogP contribution is 2.30. The summed E-state index contributed by atoms with van der Waals surface area (Å²) in [4.78, 5) is 36.1. The van der Waals surface area contributed by atoms with Crippen LogP contribution >= 0.6 is 0 Å². The molecule has 16 heteroatoms. The van der Waals surface area contributed by atoms with E-state index in [2.05, 4.69) is 10.2 Å². The zero-order valence-electron chi connectivity index (χ0n) is 18.1. The predicted molar refractivity (Wildman–Crippen MR) is 120 cm³/mol. The Bertz CT molecular complexity index is 1310. The summed E-state index contributed by atoms with van der Waals surface area (Å²) in [6, 6.07) is -1.49. The molecule has 0 aromatic rings. The molecule has 2 fully saturated rings. The first-order valence-corrected chi connectivity index (χ1v) is 14.2. The number of rotatable bonds is 6. The standard InChI is InChI=1S/C19H22N4O10S2/c24-16-12(14(18(26)27)20-22(16)10-4-6-34(30,31)8-10)2-1-3-13-15(19(28)29)21-23(17(13)25)11-5-7-35(32,33)9-11/h1-3,10-12,16,24H,4-9H2,(H,26,27)(H,28,29)/b2-1+,13-3-. The second-order valence-electron chi connectivity index (χ2n) is 8.59. The van der Waals surface area contributed by atoms with Gasteiger partial charge in [0.1, 0.15) is 0 Å². The van der Waals surface area contributed by atoms with Crippen molar-refractivity contribution in [2.24, 2.45) is 16.1 Å². The number of carboxylic acids is 2. The molecule has 0 aromatic carbocycles. The minimum atomic E-state index is -3.36. The summed E-state index contributed by atoms with van der Waals surface area (Å²) < 4.78 is 47.0. The maximum Gasteiger partial charge on any atom is 0.357 e. The number of hydrogen-bond acceptors (Lipinski definition) is 11. The van der Waals surface area contributed by atoms with E-state index in [-0.39, 0.29) is 41.4 Å². The van der Waals surface area contributed by atoms with E-state index < -0.39 is 73.2 Å². The number of carboxylic acid groups (broad SMARTS) is 2. The van der Waals surface area contributed by atoms with Gasteiger partial charge in [0.2, 0.25) is 0 Å². The predicted octanol–water partition coefficient (Wildman–Crippen LogP) is -2.18. The van der Waals surface area contributed by atoms with E-state index >= 15 is 0 Å². The first-order valence-electron chi connectivity index (χ1n) is 10.5. The van der Waals surface area contributed by atoms with Crippen molar-refractivity contribution in [3.63, 3.8) is 0 Å². The second-order valence-corrected chi connectivity index (χ2v) is 13.0. The van der Waals surface area contributed by atoms with Crippen molar-refractivity contribution in [3.8, 4) is 0 Å². The van der Waals surface area contributed by atoms with E-state index in [1.807, 2.05) is 0 Å². The quantitative estimate of drug-likeness (QED) is 0.314. The van der Waals surface area contributed by atoms with Crippen LogP contribution in [0, 0.1) is 5.92 Å². The number of aliphatic hydroxyl groups excluding tert-OH is 1. The molecule has 2 saturated heterocycles. The summed E-state index contributed by atoms with van der Waals surface area (Å²) >= 11 is 0. The third kappa shape index (κ3) is 4.85. The molecule has 4 unspecified atom stereocenters. The molecule has 4 atom stereocenters. The van der Waals surface area contributed by atoms with Crippen LogP contribution in [-0.4, -0.2) is 113 Å². The first-order chi connectivity index (χ1) is 16.3. The highest BCUT2D eigenvalue weighted by atomic mass is 32.2. The molecule has 190 valence electrons. The Hall–Kier alpha value is -3.11. The van der Waals surface area contributed by atoms with E-state index in [1.165, 1.54) is 12.2 Å². The number of hydrazone groups is 2. The minimum Gasteiger partial charge on any atom is -0.477 e. The van der Waals surface area contributed by atoms with Gasteiger partial charge in [0.05, 0.1) is 46.6 Å². The van der Waals surface area contributed by atoms with Crippen LogP contribution in [-0.2, 0) is 34.1 Å². The number of aliphatic carboxylic acids is 2. The summed E-state index contributed by atoms with van der Waals surface area (Å²) in [5.41, 5.74) is -1.38. The average Bonchev–Trinajstić information content (AvgIpc) is 3.47. The van der Waals surface area contributed by atoms with Crippen LogP contribution < -0.4 is 0 Å². The third-order valence-electron chi connectivity index (χ3n) is 6.17. The molecule has 4 aliphatic heterocycles. The molecular weight excluding hydrogens is 508 g/mol. The van der Waals surface area contributed by atoms with Gasteiger partial charge in [-0.2, -0.15) is 10.2 Å². The molecular formula is C19H22N4O10S2. The number of allylic oxidation sites excluding steroid dienone is 2. The molecule has 0 saturated carbocycles. The highest BCUT2D eigenvalue weighted by molar-refractivity contribution is 7.91. The smallest absolute Gasteiger partial charge is 0.357 e. The van der Waals surface area contributed by atoms with Gasteiger partial charge in [-0.1, -0.05) is 12.2 Å². The number of aliphatic hydroxyl groups is 1. The Balaban J connectivity index is 1.56. The molecule has 4 aliphatic rings. The summed E-state index contributed by atoms with van der Waals surface area (Å²) in [6.45, 7) is 0. The topological polar surface area (TPSA) is 211 Å². The van der Waals surface area contributed by atoms with Gasteiger partial charge in [-0.05, 0) is 18.9 Å². The summed E-state index contributed by atoms with van der Waals surface area (Å²) in [7, 11) is -6.69. The van der Waals surface area contributed by atoms with Crippen LogP contribution in [0.15, 0.2) is 34.0 Å². The molecule has 3 N–H and O–H groups in total. The lowest BCUT2D eigenvalue weighted by Crippen LogP contribution is -2.40. The van der Waals surface area contributed by atoms with Crippen molar-refractivity contribution in [2.45, 2.75) is 31.2 Å². The maximum atomic E-state index is 12.8. The number of nitrogens with zero attached hydrogens (tertiary/aromatic N) is 4. The van der Waals surface area contributed by atoms with Crippen LogP contribution in [0.2, 0.25) is 0 Å². The van der Waals surface area contributed by atoms with Crippen LogP contribution in [0.5, 0.6) is 0 Å². The zero-order chi connectivity index (χ0) is 25.7. The monoisotopic (exact) mass is 530 g/mol.